The van der Waals surface area contributed by atoms with Crippen LogP contribution in [0.15, 0.2) is 0 Å². The second-order valence-electron chi connectivity index (χ2n) is 6.61. The zero-order chi connectivity index (χ0) is 19.4. The largest absolute Gasteiger partial charge is 0.462 e. The molecule has 1 N–H and O–H groups in total. The van der Waals surface area contributed by atoms with Crippen molar-refractivity contribution in [1.29, 1.82) is 0 Å². The quantitative estimate of drug-likeness (QED) is 0.735. The summed E-state index contributed by atoms with van der Waals surface area (Å²) in [7, 11) is 0. The monoisotopic (exact) mass is 380 g/mol. The normalized spacial score (nSPS) is 17.1. The number of carbonyl (C=O) groups is 3. The number of amides is 2. The lowest BCUT2D eigenvalue weighted by molar-refractivity contribution is -0.130. The number of likely N-dealkylation sites (tertiary alicyclic amines) is 1. The summed E-state index contributed by atoms with van der Waals surface area (Å²) in [5, 5.41) is 3.38. The maximum absolute atomic E-state index is 12.7. The molecule has 26 heavy (non-hydrogen) atoms. The van der Waals surface area contributed by atoms with Gasteiger partial charge in [-0.05, 0) is 39.2 Å². The molecule has 0 saturated carbocycles. The van der Waals surface area contributed by atoms with Crippen LogP contribution in [-0.2, 0) is 14.3 Å². The molecule has 2 heterocycles. The molecule has 0 spiro atoms. The van der Waals surface area contributed by atoms with Crippen molar-refractivity contribution in [2.24, 2.45) is 5.92 Å². The predicted molar refractivity (Wildman–Crippen MR) is 103 cm³/mol. The molecule has 0 radical (unpaired) electrons. The Balaban J connectivity index is 2.15. The maximum atomic E-state index is 12.7. The number of thiophene rings is 1. The van der Waals surface area contributed by atoms with E-state index in [9.17, 15) is 14.4 Å². The molecule has 1 aromatic rings. The Bertz CT molecular complexity index is 694. The standard InChI is InChI=1S/C19H28N2O4S/c1-6-14(7-2)21-10-13(9-15(21)22)17(23)20-18-16(19(24)25-8-3)11(4)12(5)26-18/h13-14H,6-10H2,1-5H3,(H,20,23). The molecule has 2 amide bonds. The minimum absolute atomic E-state index is 0.0306. The van der Waals surface area contributed by atoms with Gasteiger partial charge in [0.2, 0.25) is 11.8 Å². The third-order valence-electron chi connectivity index (χ3n) is 5.01. The smallest absolute Gasteiger partial charge is 0.341 e. The van der Waals surface area contributed by atoms with E-state index in [1.165, 1.54) is 11.3 Å². The Morgan fingerprint density at radius 3 is 2.50 bits per heavy atom. The van der Waals surface area contributed by atoms with Crippen LogP contribution >= 0.6 is 11.3 Å². The van der Waals surface area contributed by atoms with Crippen LogP contribution in [0.2, 0.25) is 0 Å². The molecular weight excluding hydrogens is 352 g/mol. The minimum atomic E-state index is -0.425. The van der Waals surface area contributed by atoms with E-state index in [1.54, 1.807) is 6.92 Å². The van der Waals surface area contributed by atoms with Crippen molar-refractivity contribution < 1.29 is 19.1 Å². The molecule has 1 unspecified atom stereocenters. The van der Waals surface area contributed by atoms with Crippen LogP contribution in [0.25, 0.3) is 0 Å². The van der Waals surface area contributed by atoms with Gasteiger partial charge in [0, 0.05) is 23.9 Å². The van der Waals surface area contributed by atoms with Crippen LogP contribution in [0, 0.1) is 19.8 Å². The minimum Gasteiger partial charge on any atom is -0.462 e. The molecule has 0 aliphatic carbocycles. The van der Waals surface area contributed by atoms with Crippen LogP contribution < -0.4 is 5.32 Å². The summed E-state index contributed by atoms with van der Waals surface area (Å²) in [6.45, 7) is 10.3. The Morgan fingerprint density at radius 2 is 1.92 bits per heavy atom. The van der Waals surface area contributed by atoms with Crippen molar-refractivity contribution in [2.75, 3.05) is 18.5 Å². The number of aryl methyl sites for hydroxylation is 1. The fraction of sp³-hybridized carbons (Fsp3) is 0.632. The summed E-state index contributed by atoms with van der Waals surface area (Å²) in [6, 6.07) is 0.182. The highest BCUT2D eigenvalue weighted by Gasteiger charge is 2.37. The summed E-state index contributed by atoms with van der Waals surface area (Å²) in [5.74, 6) is -0.992. The van der Waals surface area contributed by atoms with E-state index < -0.39 is 5.97 Å². The predicted octanol–water partition coefficient (Wildman–Crippen LogP) is 3.52. The van der Waals surface area contributed by atoms with E-state index in [0.29, 0.717) is 17.1 Å². The average molecular weight is 381 g/mol. The first-order valence-corrected chi connectivity index (χ1v) is 10.0. The van der Waals surface area contributed by atoms with Gasteiger partial charge in [-0.3, -0.25) is 9.59 Å². The molecule has 1 aromatic heterocycles. The van der Waals surface area contributed by atoms with E-state index in [4.69, 9.17) is 4.74 Å². The van der Waals surface area contributed by atoms with E-state index in [1.807, 2.05) is 18.7 Å². The topological polar surface area (TPSA) is 75.7 Å². The molecule has 144 valence electrons. The van der Waals surface area contributed by atoms with Gasteiger partial charge in [-0.2, -0.15) is 0 Å². The van der Waals surface area contributed by atoms with Gasteiger partial charge in [-0.25, -0.2) is 4.79 Å². The molecule has 2 rings (SSSR count). The first-order valence-electron chi connectivity index (χ1n) is 9.21. The molecular formula is C19H28N2O4S. The molecule has 1 fully saturated rings. The van der Waals surface area contributed by atoms with E-state index >= 15 is 0 Å². The number of hydrogen-bond acceptors (Lipinski definition) is 5. The van der Waals surface area contributed by atoms with E-state index in [-0.39, 0.29) is 36.8 Å². The van der Waals surface area contributed by atoms with Crippen LogP contribution in [0.4, 0.5) is 5.00 Å². The third kappa shape index (κ3) is 4.09. The first kappa shape index (κ1) is 20.4. The van der Waals surface area contributed by atoms with Gasteiger partial charge >= 0.3 is 5.97 Å². The van der Waals surface area contributed by atoms with Gasteiger partial charge in [-0.15, -0.1) is 11.3 Å². The lowest BCUT2D eigenvalue weighted by Crippen LogP contribution is -2.36. The second kappa shape index (κ2) is 8.66. The number of rotatable bonds is 7. The Hall–Kier alpha value is -1.89. The zero-order valence-corrected chi connectivity index (χ0v) is 17.0. The van der Waals surface area contributed by atoms with Crippen LogP contribution in [0.1, 0.15) is 60.8 Å². The van der Waals surface area contributed by atoms with Gasteiger partial charge in [0.15, 0.2) is 0 Å². The maximum Gasteiger partial charge on any atom is 0.341 e. The number of ether oxygens (including phenoxy) is 1. The average Bonchev–Trinajstić information content (AvgIpc) is 3.10. The van der Waals surface area contributed by atoms with Crippen molar-refractivity contribution in [2.45, 2.75) is 59.9 Å². The van der Waals surface area contributed by atoms with Crippen LogP contribution in [0.3, 0.4) is 0 Å². The van der Waals surface area contributed by atoms with E-state index in [2.05, 4.69) is 19.2 Å². The summed E-state index contributed by atoms with van der Waals surface area (Å²) < 4.78 is 5.12. The SMILES string of the molecule is CCOC(=O)c1c(NC(=O)C2CC(=O)N(C(CC)CC)C2)sc(C)c1C. The highest BCUT2D eigenvalue weighted by atomic mass is 32.1. The van der Waals surface area contributed by atoms with Crippen molar-refractivity contribution in [3.8, 4) is 0 Å². The summed E-state index contributed by atoms with van der Waals surface area (Å²) >= 11 is 1.37. The summed E-state index contributed by atoms with van der Waals surface area (Å²) in [5.41, 5.74) is 1.24. The number of carbonyl (C=O) groups excluding carboxylic acids is 3. The number of nitrogens with zero attached hydrogens (tertiary/aromatic N) is 1. The van der Waals surface area contributed by atoms with Gasteiger partial charge in [-0.1, -0.05) is 13.8 Å². The molecule has 7 heteroatoms. The molecule has 1 aliphatic heterocycles. The number of hydrogen-bond donors (Lipinski definition) is 1. The lowest BCUT2D eigenvalue weighted by Gasteiger charge is -2.26. The molecule has 1 aliphatic rings. The highest BCUT2D eigenvalue weighted by molar-refractivity contribution is 7.16. The highest BCUT2D eigenvalue weighted by Crippen LogP contribution is 2.34. The van der Waals surface area contributed by atoms with Crippen molar-refractivity contribution in [1.82, 2.24) is 4.90 Å². The number of anilines is 1. The second-order valence-corrected chi connectivity index (χ2v) is 7.84. The number of esters is 1. The van der Waals surface area contributed by atoms with Crippen molar-refractivity contribution in [3.63, 3.8) is 0 Å². The van der Waals surface area contributed by atoms with Gasteiger partial charge in [0.25, 0.3) is 0 Å². The fourth-order valence-electron chi connectivity index (χ4n) is 3.37. The lowest BCUT2D eigenvalue weighted by atomic mass is 10.1. The molecule has 6 nitrogen and oxygen atoms in total. The first-order chi connectivity index (χ1) is 12.3. The van der Waals surface area contributed by atoms with Crippen LogP contribution in [-0.4, -0.2) is 41.9 Å². The summed E-state index contributed by atoms with van der Waals surface area (Å²) in [6.07, 6.45) is 1.99. The fourth-order valence-corrected chi connectivity index (χ4v) is 4.42. The zero-order valence-electron chi connectivity index (χ0n) is 16.2. The Morgan fingerprint density at radius 1 is 1.27 bits per heavy atom. The van der Waals surface area contributed by atoms with Gasteiger partial charge < -0.3 is 15.0 Å². The van der Waals surface area contributed by atoms with Crippen molar-refractivity contribution in [3.05, 3.63) is 16.0 Å². The molecule has 0 bridgehead atoms. The molecule has 0 aromatic carbocycles. The molecule has 1 saturated heterocycles. The van der Waals surface area contributed by atoms with Gasteiger partial charge in [0.05, 0.1) is 18.1 Å². The van der Waals surface area contributed by atoms with Crippen molar-refractivity contribution >= 4 is 34.1 Å². The number of nitrogens with one attached hydrogen (secondary N) is 1. The summed E-state index contributed by atoms with van der Waals surface area (Å²) in [4.78, 5) is 40.0. The Kier molecular flexibility index (Phi) is 6.81. The van der Waals surface area contributed by atoms with Gasteiger partial charge in [0.1, 0.15) is 5.00 Å². The van der Waals surface area contributed by atoms with Crippen LogP contribution in [0.5, 0.6) is 0 Å². The third-order valence-corrected chi connectivity index (χ3v) is 6.14. The Labute approximate surface area is 158 Å². The molecule has 1 atom stereocenters. The van der Waals surface area contributed by atoms with E-state index in [0.717, 1.165) is 23.3 Å².